The molecule has 0 radical (unpaired) electrons. The molecule has 1 N–H and O–H groups in total. The zero-order chi connectivity index (χ0) is 16.1. The minimum atomic E-state index is -0.294. The van der Waals surface area contributed by atoms with E-state index in [1.165, 1.54) is 16.8 Å². The molecule has 3 aromatic rings. The molecular weight excluding hydrogens is 297 g/mol. The van der Waals surface area contributed by atoms with E-state index in [9.17, 15) is 9.18 Å². The van der Waals surface area contributed by atoms with Gasteiger partial charge >= 0.3 is 0 Å². The van der Waals surface area contributed by atoms with Gasteiger partial charge in [0, 0.05) is 11.9 Å². The summed E-state index contributed by atoms with van der Waals surface area (Å²) < 4.78 is 19.6. The summed E-state index contributed by atoms with van der Waals surface area (Å²) in [7, 11) is 0. The van der Waals surface area contributed by atoms with Crippen molar-refractivity contribution in [3.05, 3.63) is 70.9 Å². The first-order chi connectivity index (χ1) is 11.2. The average molecular weight is 313 g/mol. The van der Waals surface area contributed by atoms with Gasteiger partial charge in [0.2, 0.25) is 0 Å². The van der Waals surface area contributed by atoms with Crippen molar-refractivity contribution in [3.63, 3.8) is 0 Å². The molecule has 0 aliphatic carbocycles. The molecule has 2 aromatic carbocycles. The van der Waals surface area contributed by atoms with E-state index in [0.29, 0.717) is 31.0 Å². The summed E-state index contributed by atoms with van der Waals surface area (Å²) in [6, 6.07) is 13.2. The topological polar surface area (TPSA) is 56.2 Å². The minimum Gasteiger partial charge on any atom is -0.492 e. The van der Waals surface area contributed by atoms with Gasteiger partial charge in [-0.05, 0) is 30.3 Å². The van der Waals surface area contributed by atoms with Crippen molar-refractivity contribution in [2.24, 2.45) is 0 Å². The fourth-order valence-electron chi connectivity index (χ4n) is 2.20. The van der Waals surface area contributed by atoms with E-state index in [1.54, 1.807) is 24.4 Å². The summed E-state index contributed by atoms with van der Waals surface area (Å²) in [6.07, 6.45) is 1.67. The number of rotatable bonds is 6. The fraction of sp³-hybridized carbons (Fsp3) is 0.176. The number of nitrogens with one attached hydrogen (secondary N) is 1. The molecule has 0 spiro atoms. The molecule has 0 saturated heterocycles. The highest BCUT2D eigenvalue weighted by Gasteiger charge is 2.02. The second-order valence-electron chi connectivity index (χ2n) is 5.00. The van der Waals surface area contributed by atoms with Crippen LogP contribution >= 0.6 is 0 Å². The van der Waals surface area contributed by atoms with Crippen LogP contribution in [0.1, 0.15) is 0 Å². The molecule has 0 aliphatic heterocycles. The summed E-state index contributed by atoms with van der Waals surface area (Å²) in [5.41, 5.74) is -0.130. The summed E-state index contributed by atoms with van der Waals surface area (Å²) >= 11 is 0. The van der Waals surface area contributed by atoms with Gasteiger partial charge in [0.1, 0.15) is 18.2 Å². The highest BCUT2D eigenvalue weighted by atomic mass is 19.1. The van der Waals surface area contributed by atoms with Crippen LogP contribution in [0.25, 0.3) is 10.8 Å². The van der Waals surface area contributed by atoms with Gasteiger partial charge in [0.05, 0.1) is 18.3 Å². The Hall–Kier alpha value is -2.73. The molecule has 6 heteroatoms. The first-order valence-electron chi connectivity index (χ1n) is 7.28. The minimum absolute atomic E-state index is 0.130. The SMILES string of the molecule is O=c1c2ccccc2cnn1CNCCOc1ccc(F)cc1. The lowest BCUT2D eigenvalue weighted by molar-refractivity contribution is 0.305. The Morgan fingerprint density at radius 1 is 1.13 bits per heavy atom. The molecule has 5 nitrogen and oxygen atoms in total. The lowest BCUT2D eigenvalue weighted by Crippen LogP contribution is -2.32. The van der Waals surface area contributed by atoms with Crippen LogP contribution in [0.3, 0.4) is 0 Å². The fourth-order valence-corrected chi connectivity index (χ4v) is 2.20. The third kappa shape index (κ3) is 3.73. The highest BCUT2D eigenvalue weighted by Crippen LogP contribution is 2.10. The van der Waals surface area contributed by atoms with E-state index >= 15 is 0 Å². The molecule has 0 fully saturated rings. The molecule has 0 saturated carbocycles. The largest absolute Gasteiger partial charge is 0.492 e. The third-order valence-electron chi connectivity index (χ3n) is 3.38. The first-order valence-corrected chi connectivity index (χ1v) is 7.28. The number of aromatic nitrogens is 2. The summed E-state index contributed by atoms with van der Waals surface area (Å²) in [6.45, 7) is 1.25. The lowest BCUT2D eigenvalue weighted by atomic mass is 10.2. The van der Waals surface area contributed by atoms with E-state index in [-0.39, 0.29) is 11.4 Å². The van der Waals surface area contributed by atoms with Crippen molar-refractivity contribution in [2.45, 2.75) is 6.67 Å². The lowest BCUT2D eigenvalue weighted by Gasteiger charge is -2.09. The maximum Gasteiger partial charge on any atom is 0.275 e. The normalized spacial score (nSPS) is 10.8. The van der Waals surface area contributed by atoms with Crippen molar-refractivity contribution in [3.8, 4) is 5.75 Å². The molecule has 0 atom stereocenters. The van der Waals surface area contributed by atoms with Crippen molar-refractivity contribution < 1.29 is 9.13 Å². The van der Waals surface area contributed by atoms with E-state index in [0.717, 1.165) is 5.39 Å². The molecule has 23 heavy (non-hydrogen) atoms. The van der Waals surface area contributed by atoms with Gasteiger partial charge in [0.15, 0.2) is 0 Å². The molecular formula is C17H16FN3O2. The zero-order valence-corrected chi connectivity index (χ0v) is 12.4. The maximum absolute atomic E-state index is 12.8. The predicted octanol–water partition coefficient (Wildman–Crippen LogP) is 2.16. The molecule has 1 aromatic heterocycles. The molecule has 0 bridgehead atoms. The van der Waals surface area contributed by atoms with E-state index in [4.69, 9.17) is 4.74 Å². The number of fused-ring (bicyclic) bond motifs is 1. The van der Waals surface area contributed by atoms with Crippen LogP contribution in [0, 0.1) is 5.82 Å². The Kier molecular flexibility index (Phi) is 4.63. The zero-order valence-electron chi connectivity index (χ0n) is 12.4. The third-order valence-corrected chi connectivity index (χ3v) is 3.38. The van der Waals surface area contributed by atoms with Crippen LogP contribution in [-0.4, -0.2) is 22.9 Å². The molecule has 118 valence electrons. The van der Waals surface area contributed by atoms with Crippen LogP contribution in [-0.2, 0) is 6.67 Å². The average Bonchev–Trinajstić information content (AvgIpc) is 2.58. The van der Waals surface area contributed by atoms with Gasteiger partial charge in [-0.15, -0.1) is 0 Å². The molecule has 0 unspecified atom stereocenters. The quantitative estimate of drug-likeness (QED) is 0.709. The Morgan fingerprint density at radius 3 is 2.74 bits per heavy atom. The maximum atomic E-state index is 12.8. The van der Waals surface area contributed by atoms with Gasteiger partial charge in [-0.3, -0.25) is 10.1 Å². The predicted molar refractivity (Wildman–Crippen MR) is 85.9 cm³/mol. The highest BCUT2D eigenvalue weighted by molar-refractivity contribution is 5.80. The Balaban J connectivity index is 1.52. The van der Waals surface area contributed by atoms with Crippen molar-refractivity contribution >= 4 is 10.8 Å². The molecule has 3 rings (SSSR count). The number of hydrogen-bond donors (Lipinski definition) is 1. The van der Waals surface area contributed by atoms with Gasteiger partial charge in [0.25, 0.3) is 5.56 Å². The second kappa shape index (κ2) is 7.02. The Labute approximate surface area is 132 Å². The van der Waals surface area contributed by atoms with E-state index in [1.807, 2.05) is 18.2 Å². The van der Waals surface area contributed by atoms with Crippen LogP contribution in [0.5, 0.6) is 5.75 Å². The number of ether oxygens (including phenoxy) is 1. The van der Waals surface area contributed by atoms with E-state index < -0.39 is 0 Å². The number of nitrogens with zero attached hydrogens (tertiary/aromatic N) is 2. The summed E-state index contributed by atoms with van der Waals surface area (Å²) in [4.78, 5) is 12.2. The van der Waals surface area contributed by atoms with Gasteiger partial charge in [-0.2, -0.15) is 5.10 Å². The number of benzene rings is 2. The van der Waals surface area contributed by atoms with Gasteiger partial charge in [-0.1, -0.05) is 18.2 Å². The smallest absolute Gasteiger partial charge is 0.275 e. The van der Waals surface area contributed by atoms with Crippen LogP contribution in [0.2, 0.25) is 0 Å². The Morgan fingerprint density at radius 2 is 1.91 bits per heavy atom. The molecule has 1 heterocycles. The van der Waals surface area contributed by atoms with Crippen molar-refractivity contribution in [1.29, 1.82) is 0 Å². The summed E-state index contributed by atoms with van der Waals surface area (Å²) in [5, 5.41) is 8.69. The van der Waals surface area contributed by atoms with Crippen LogP contribution in [0.4, 0.5) is 4.39 Å². The monoisotopic (exact) mass is 313 g/mol. The Bertz CT molecular complexity index is 846. The van der Waals surface area contributed by atoms with Crippen LogP contribution < -0.4 is 15.6 Å². The van der Waals surface area contributed by atoms with Gasteiger partial charge in [-0.25, -0.2) is 9.07 Å². The standard InChI is InChI=1S/C17H16FN3O2/c18-14-5-7-15(8-6-14)23-10-9-19-12-21-17(22)16-4-2-1-3-13(16)11-20-21/h1-8,11,19H,9-10,12H2. The van der Waals surface area contributed by atoms with Crippen molar-refractivity contribution in [1.82, 2.24) is 15.1 Å². The summed E-state index contributed by atoms with van der Waals surface area (Å²) in [5.74, 6) is 0.312. The van der Waals surface area contributed by atoms with Crippen molar-refractivity contribution in [2.75, 3.05) is 13.2 Å². The number of hydrogen-bond acceptors (Lipinski definition) is 4. The van der Waals surface area contributed by atoms with E-state index in [2.05, 4.69) is 10.4 Å². The van der Waals surface area contributed by atoms with Gasteiger partial charge < -0.3 is 4.74 Å². The molecule has 0 amide bonds. The molecule has 0 aliphatic rings. The van der Waals surface area contributed by atoms with Crippen LogP contribution in [0.15, 0.2) is 59.5 Å². The number of halogens is 1. The first kappa shape index (κ1) is 15.2. The second-order valence-corrected chi connectivity index (χ2v) is 5.00.